The van der Waals surface area contributed by atoms with E-state index in [1.54, 1.807) is 18.2 Å². The molecule has 0 aliphatic rings. The highest BCUT2D eigenvalue weighted by Crippen LogP contribution is 2.29. The molecule has 0 aliphatic heterocycles. The summed E-state index contributed by atoms with van der Waals surface area (Å²) >= 11 is 0. The van der Waals surface area contributed by atoms with Crippen molar-refractivity contribution in [2.75, 3.05) is 0 Å². The number of hydrogen-bond acceptors (Lipinski definition) is 1. The molecule has 0 N–H and O–H groups in total. The van der Waals surface area contributed by atoms with Gasteiger partial charge in [-0.05, 0) is 50.6 Å². The minimum Gasteiger partial charge on any atom is -0.264 e. The molecule has 0 saturated carbocycles. The molecule has 0 amide bonds. The van der Waals surface area contributed by atoms with E-state index in [1.165, 1.54) is 16.7 Å². The third-order valence-corrected chi connectivity index (χ3v) is 3.94. The van der Waals surface area contributed by atoms with Gasteiger partial charge in [-0.3, -0.25) is 4.99 Å². The van der Waals surface area contributed by atoms with Crippen molar-refractivity contribution in [1.82, 2.24) is 0 Å². The molecule has 0 spiro atoms. The Morgan fingerprint density at radius 3 is 2.36 bits per heavy atom. The van der Waals surface area contributed by atoms with Gasteiger partial charge < -0.3 is 0 Å². The minimum atomic E-state index is -4.17. The molecule has 4 heteroatoms. The second-order valence-electron chi connectivity index (χ2n) is 6.23. The van der Waals surface area contributed by atoms with Crippen LogP contribution in [-0.2, 0) is 12.8 Å². The predicted molar refractivity (Wildman–Crippen MR) is 98.7 cm³/mol. The number of aliphatic imine (C=N–C) groups is 1. The summed E-state index contributed by atoms with van der Waals surface area (Å²) in [6.45, 7) is 7.62. The molecule has 1 nitrogen and oxygen atoms in total. The number of halogens is 3. The zero-order valence-corrected chi connectivity index (χ0v) is 14.5. The van der Waals surface area contributed by atoms with Crippen LogP contribution < -0.4 is 0 Å². The lowest BCUT2D eigenvalue weighted by molar-refractivity contribution is -0.133. The van der Waals surface area contributed by atoms with Gasteiger partial charge in [-0.1, -0.05) is 53.6 Å². The average Bonchev–Trinajstić information content (AvgIpc) is 2.52. The second-order valence-corrected chi connectivity index (χ2v) is 6.23. The first-order valence-corrected chi connectivity index (χ1v) is 8.17. The molecule has 0 radical (unpaired) electrons. The second kappa shape index (κ2) is 8.15. The molecule has 2 rings (SSSR count). The van der Waals surface area contributed by atoms with Crippen molar-refractivity contribution >= 4 is 18.5 Å². The van der Waals surface area contributed by atoms with E-state index in [-0.39, 0.29) is 6.42 Å². The first-order chi connectivity index (χ1) is 11.8. The van der Waals surface area contributed by atoms with Crippen molar-refractivity contribution in [3.05, 3.63) is 70.3 Å². The van der Waals surface area contributed by atoms with Gasteiger partial charge in [-0.25, -0.2) is 0 Å². The fourth-order valence-corrected chi connectivity index (χ4v) is 2.92. The maximum absolute atomic E-state index is 12.6. The number of nitrogens with zero attached hydrogens (tertiary/aromatic N) is 1. The van der Waals surface area contributed by atoms with Crippen LogP contribution in [0.15, 0.2) is 47.5 Å². The predicted octanol–water partition coefficient (Wildman–Crippen LogP) is 6.39. The third-order valence-electron chi connectivity index (χ3n) is 3.94. The maximum atomic E-state index is 12.6. The number of rotatable bonds is 6. The molecule has 2 aromatic rings. The summed E-state index contributed by atoms with van der Waals surface area (Å²) in [7, 11) is 0. The standard InChI is InChI=1S/C21H22F3N/c1-15-12-16(2)14-17(13-15)6-4-8-19-18(10-11-21(22,23)24)7-5-9-20(19)25-3/h4-5,7-9,12-14H,3,6,10-11H2,1-2H3/b8-4-. The third kappa shape index (κ3) is 5.89. The Kier molecular flexibility index (Phi) is 6.18. The fraction of sp³-hybridized carbons (Fsp3) is 0.286. The van der Waals surface area contributed by atoms with Crippen LogP contribution in [0.4, 0.5) is 18.9 Å². The Balaban J connectivity index is 2.22. The topological polar surface area (TPSA) is 12.4 Å². The van der Waals surface area contributed by atoms with Gasteiger partial charge in [0.1, 0.15) is 0 Å². The highest BCUT2D eigenvalue weighted by Gasteiger charge is 2.26. The van der Waals surface area contributed by atoms with E-state index < -0.39 is 12.6 Å². The molecule has 0 saturated heterocycles. The smallest absolute Gasteiger partial charge is 0.264 e. The van der Waals surface area contributed by atoms with Crippen LogP contribution in [0.1, 0.15) is 34.2 Å². The van der Waals surface area contributed by atoms with Gasteiger partial charge in [-0.2, -0.15) is 13.2 Å². The van der Waals surface area contributed by atoms with Crippen LogP contribution >= 0.6 is 0 Å². The number of aryl methyl sites for hydroxylation is 3. The van der Waals surface area contributed by atoms with Gasteiger partial charge >= 0.3 is 6.18 Å². The van der Waals surface area contributed by atoms with Crippen molar-refractivity contribution < 1.29 is 13.2 Å². The van der Waals surface area contributed by atoms with Crippen molar-refractivity contribution in [3.8, 4) is 0 Å². The molecular weight excluding hydrogens is 323 g/mol. The summed E-state index contributed by atoms with van der Waals surface area (Å²) in [6.07, 6.45) is -0.533. The lowest BCUT2D eigenvalue weighted by atomic mass is 9.99. The van der Waals surface area contributed by atoms with Crippen LogP contribution in [0.3, 0.4) is 0 Å². The zero-order valence-electron chi connectivity index (χ0n) is 14.5. The highest BCUT2D eigenvalue weighted by atomic mass is 19.4. The molecule has 0 aliphatic carbocycles. The Labute approximate surface area is 146 Å². The lowest BCUT2D eigenvalue weighted by Gasteiger charge is -2.11. The quantitative estimate of drug-likeness (QED) is 0.538. The minimum absolute atomic E-state index is 0.0594. The van der Waals surface area contributed by atoms with Gasteiger partial charge in [0.15, 0.2) is 0 Å². The highest BCUT2D eigenvalue weighted by molar-refractivity contribution is 5.69. The Hall–Kier alpha value is -2.36. The SMILES string of the molecule is C=Nc1cccc(CCC(F)(F)F)c1/C=C\Cc1cc(C)cc(C)c1. The maximum Gasteiger partial charge on any atom is 0.389 e. The van der Waals surface area contributed by atoms with Gasteiger partial charge in [0.25, 0.3) is 0 Å². The molecule has 0 heterocycles. The van der Waals surface area contributed by atoms with E-state index in [1.807, 2.05) is 26.0 Å². The largest absolute Gasteiger partial charge is 0.389 e. The summed E-state index contributed by atoms with van der Waals surface area (Å²) in [5.74, 6) is 0. The lowest BCUT2D eigenvalue weighted by Crippen LogP contribution is -2.09. The van der Waals surface area contributed by atoms with Crippen LogP contribution in [0, 0.1) is 13.8 Å². The Morgan fingerprint density at radius 2 is 1.76 bits per heavy atom. The van der Waals surface area contributed by atoms with E-state index in [9.17, 15) is 13.2 Å². The Morgan fingerprint density at radius 1 is 1.08 bits per heavy atom. The Bertz CT molecular complexity index is 753. The molecule has 0 bridgehead atoms. The molecule has 0 aromatic heterocycles. The summed E-state index contributed by atoms with van der Waals surface area (Å²) in [6, 6.07) is 11.5. The van der Waals surface area contributed by atoms with Crippen molar-refractivity contribution in [2.45, 2.75) is 39.3 Å². The summed E-state index contributed by atoms with van der Waals surface area (Å²) in [5.41, 5.74) is 5.53. The molecule has 25 heavy (non-hydrogen) atoms. The first kappa shape index (κ1) is 19.0. The molecule has 0 unspecified atom stereocenters. The monoisotopic (exact) mass is 345 g/mol. The molecule has 0 fully saturated rings. The summed E-state index contributed by atoms with van der Waals surface area (Å²) in [4.78, 5) is 3.95. The van der Waals surface area contributed by atoms with Crippen molar-refractivity contribution in [1.29, 1.82) is 0 Å². The number of allylic oxidation sites excluding steroid dienone is 1. The number of hydrogen-bond donors (Lipinski definition) is 0. The summed E-state index contributed by atoms with van der Waals surface area (Å²) < 4.78 is 37.7. The zero-order chi connectivity index (χ0) is 18.4. The normalized spacial score (nSPS) is 11.9. The van der Waals surface area contributed by atoms with E-state index >= 15 is 0 Å². The molecule has 0 atom stereocenters. The number of alkyl halides is 3. The molecular formula is C21H22F3N. The van der Waals surface area contributed by atoms with Crippen LogP contribution in [0.2, 0.25) is 0 Å². The van der Waals surface area contributed by atoms with Crippen LogP contribution in [0.25, 0.3) is 6.08 Å². The first-order valence-electron chi connectivity index (χ1n) is 8.17. The van der Waals surface area contributed by atoms with Gasteiger partial charge in [0.2, 0.25) is 0 Å². The summed E-state index contributed by atoms with van der Waals surface area (Å²) in [5, 5.41) is 0. The van der Waals surface area contributed by atoms with Crippen molar-refractivity contribution in [2.24, 2.45) is 4.99 Å². The van der Waals surface area contributed by atoms with Gasteiger partial charge in [0.05, 0.1) is 5.69 Å². The van der Waals surface area contributed by atoms with Crippen molar-refractivity contribution in [3.63, 3.8) is 0 Å². The van der Waals surface area contributed by atoms with E-state index in [4.69, 9.17) is 0 Å². The fourth-order valence-electron chi connectivity index (χ4n) is 2.92. The van der Waals surface area contributed by atoms with Gasteiger partial charge in [0, 0.05) is 12.0 Å². The van der Waals surface area contributed by atoms with Gasteiger partial charge in [-0.15, -0.1) is 0 Å². The number of benzene rings is 2. The van der Waals surface area contributed by atoms with Crippen LogP contribution in [0.5, 0.6) is 0 Å². The molecule has 132 valence electrons. The van der Waals surface area contributed by atoms with E-state index in [2.05, 4.69) is 29.9 Å². The average molecular weight is 345 g/mol. The van der Waals surface area contributed by atoms with Crippen LogP contribution in [-0.4, -0.2) is 12.9 Å². The molecule has 2 aromatic carbocycles. The van der Waals surface area contributed by atoms with E-state index in [0.29, 0.717) is 23.2 Å². The van der Waals surface area contributed by atoms with E-state index in [0.717, 1.165) is 0 Å².